The third-order valence-corrected chi connectivity index (χ3v) is 5.72. The normalized spacial score (nSPS) is 20.5. The molecule has 0 atom stereocenters. The van der Waals surface area contributed by atoms with Gasteiger partial charge in [0.15, 0.2) is 0 Å². The minimum atomic E-state index is 0.353. The lowest BCUT2D eigenvalue weighted by Gasteiger charge is -2.26. The number of nitrogens with zero attached hydrogens (tertiary/aromatic N) is 3. The van der Waals surface area contributed by atoms with Crippen LogP contribution in [0.2, 0.25) is 0 Å². The molecule has 27 heavy (non-hydrogen) atoms. The van der Waals surface area contributed by atoms with Crippen LogP contribution in [0.5, 0.6) is 0 Å². The molecule has 4 N–H and O–H groups in total. The number of hydrogen-bond acceptors (Lipinski definition) is 5. The molecule has 1 saturated carbocycles. The van der Waals surface area contributed by atoms with Crippen LogP contribution in [0, 0.1) is 5.92 Å². The number of aromatic nitrogens is 3. The van der Waals surface area contributed by atoms with Gasteiger partial charge in [0.2, 0.25) is 0 Å². The number of rotatable bonds is 3. The van der Waals surface area contributed by atoms with E-state index in [2.05, 4.69) is 26.8 Å². The van der Waals surface area contributed by atoms with Crippen LogP contribution in [0.3, 0.4) is 0 Å². The molecule has 0 bridgehead atoms. The fourth-order valence-electron chi connectivity index (χ4n) is 4.24. The summed E-state index contributed by atoms with van der Waals surface area (Å²) in [5.41, 5.74) is 15.0. The minimum absolute atomic E-state index is 0.353. The number of hydrogen-bond donors (Lipinski definition) is 2. The molecule has 0 spiro atoms. The number of nitrogen functional groups attached to an aromatic ring is 1. The van der Waals surface area contributed by atoms with Crippen molar-refractivity contribution in [3.05, 3.63) is 42.9 Å². The van der Waals surface area contributed by atoms with Gasteiger partial charge in [-0.15, -0.1) is 0 Å². The Morgan fingerprint density at radius 1 is 1.11 bits per heavy atom. The first-order valence-electron chi connectivity index (χ1n) is 9.53. The highest BCUT2D eigenvalue weighted by atomic mass is 16.3. The third kappa shape index (κ3) is 2.86. The summed E-state index contributed by atoms with van der Waals surface area (Å²) in [4.78, 5) is 8.74. The Morgan fingerprint density at radius 2 is 1.93 bits per heavy atom. The number of furan rings is 1. The zero-order valence-electron chi connectivity index (χ0n) is 15.1. The Morgan fingerprint density at radius 3 is 2.74 bits per heavy atom. The Labute approximate surface area is 157 Å². The van der Waals surface area contributed by atoms with Crippen molar-refractivity contribution in [2.75, 3.05) is 5.73 Å². The van der Waals surface area contributed by atoms with Crippen LogP contribution in [-0.2, 0) is 6.54 Å². The molecule has 3 aromatic heterocycles. The summed E-state index contributed by atoms with van der Waals surface area (Å²) in [5, 5.41) is 1.94. The molecular formula is C21H23N5O. The van der Waals surface area contributed by atoms with Crippen LogP contribution in [-0.4, -0.2) is 20.6 Å². The maximum Gasteiger partial charge on any atom is 0.146 e. The van der Waals surface area contributed by atoms with E-state index in [4.69, 9.17) is 15.9 Å². The molecule has 0 aliphatic heterocycles. The molecular weight excluding hydrogens is 338 g/mol. The summed E-state index contributed by atoms with van der Waals surface area (Å²) < 4.78 is 8.30. The molecule has 138 valence electrons. The van der Waals surface area contributed by atoms with Gasteiger partial charge in [-0.25, -0.2) is 9.97 Å². The molecule has 0 unspecified atom stereocenters. The van der Waals surface area contributed by atoms with Crippen molar-refractivity contribution in [2.45, 2.75) is 38.3 Å². The Kier molecular flexibility index (Phi) is 3.86. The van der Waals surface area contributed by atoms with Gasteiger partial charge in [0, 0.05) is 29.7 Å². The fraction of sp³-hybridized carbons (Fsp3) is 0.333. The van der Waals surface area contributed by atoms with Crippen LogP contribution in [0.25, 0.3) is 33.3 Å². The van der Waals surface area contributed by atoms with E-state index in [9.17, 15) is 0 Å². The van der Waals surface area contributed by atoms with E-state index >= 15 is 0 Å². The summed E-state index contributed by atoms with van der Waals surface area (Å²) >= 11 is 0. The van der Waals surface area contributed by atoms with Gasteiger partial charge in [-0.1, -0.05) is 18.2 Å². The second kappa shape index (κ2) is 6.39. The van der Waals surface area contributed by atoms with Crippen molar-refractivity contribution in [1.29, 1.82) is 0 Å². The molecule has 0 radical (unpaired) electrons. The lowest BCUT2D eigenvalue weighted by atomic mass is 9.86. The molecule has 4 aromatic rings. The SMILES string of the molecule is Nc1ncnc2c1c(-c1cc3ccccc3o1)cn2CC1CCC(N)CC1. The van der Waals surface area contributed by atoms with Crippen LogP contribution in [0.1, 0.15) is 25.7 Å². The standard InChI is InChI=1S/C21H23N5O/c22-15-7-5-13(6-8-15)10-26-11-16(19-20(23)24-12-25-21(19)26)18-9-14-3-1-2-4-17(14)27-18/h1-4,9,11-13,15H,5-8,10,22H2,(H2,23,24,25). The lowest BCUT2D eigenvalue weighted by molar-refractivity contribution is 0.297. The van der Waals surface area contributed by atoms with Gasteiger partial charge in [0.1, 0.15) is 29.1 Å². The van der Waals surface area contributed by atoms with Crippen molar-refractivity contribution in [1.82, 2.24) is 14.5 Å². The van der Waals surface area contributed by atoms with Gasteiger partial charge in [0.25, 0.3) is 0 Å². The van der Waals surface area contributed by atoms with Crippen LogP contribution < -0.4 is 11.5 Å². The van der Waals surface area contributed by atoms with Crippen molar-refractivity contribution < 1.29 is 4.42 Å². The zero-order valence-corrected chi connectivity index (χ0v) is 15.1. The highest BCUT2D eigenvalue weighted by Gasteiger charge is 2.22. The van der Waals surface area contributed by atoms with E-state index in [0.717, 1.165) is 65.6 Å². The van der Waals surface area contributed by atoms with E-state index in [1.807, 2.05) is 24.3 Å². The number of benzene rings is 1. The fourth-order valence-corrected chi connectivity index (χ4v) is 4.24. The molecule has 1 aromatic carbocycles. The maximum absolute atomic E-state index is 6.23. The monoisotopic (exact) mass is 361 g/mol. The maximum atomic E-state index is 6.23. The largest absolute Gasteiger partial charge is 0.456 e. The van der Waals surface area contributed by atoms with Gasteiger partial charge in [-0.3, -0.25) is 0 Å². The van der Waals surface area contributed by atoms with Crippen LogP contribution in [0.4, 0.5) is 5.82 Å². The first-order chi connectivity index (χ1) is 13.2. The molecule has 6 nitrogen and oxygen atoms in total. The van der Waals surface area contributed by atoms with E-state index in [0.29, 0.717) is 17.8 Å². The van der Waals surface area contributed by atoms with Crippen molar-refractivity contribution in [3.63, 3.8) is 0 Å². The van der Waals surface area contributed by atoms with Gasteiger partial charge in [-0.2, -0.15) is 0 Å². The van der Waals surface area contributed by atoms with E-state index in [1.165, 1.54) is 6.33 Å². The van der Waals surface area contributed by atoms with Gasteiger partial charge in [-0.05, 0) is 43.7 Å². The first kappa shape index (κ1) is 16.3. The Bertz CT molecular complexity index is 1070. The summed E-state index contributed by atoms with van der Waals surface area (Å²) in [6, 6.07) is 10.4. The number of anilines is 1. The second-order valence-corrected chi connectivity index (χ2v) is 7.58. The molecule has 0 saturated heterocycles. The van der Waals surface area contributed by atoms with E-state index in [1.54, 1.807) is 0 Å². The quantitative estimate of drug-likeness (QED) is 0.576. The van der Waals surface area contributed by atoms with Crippen molar-refractivity contribution >= 4 is 27.8 Å². The highest BCUT2D eigenvalue weighted by Crippen LogP contribution is 2.36. The smallest absolute Gasteiger partial charge is 0.146 e. The lowest BCUT2D eigenvalue weighted by Crippen LogP contribution is -2.28. The molecule has 5 rings (SSSR count). The number of para-hydroxylation sites is 1. The first-order valence-corrected chi connectivity index (χ1v) is 9.53. The van der Waals surface area contributed by atoms with Gasteiger partial charge >= 0.3 is 0 Å². The molecule has 3 heterocycles. The summed E-state index contributed by atoms with van der Waals surface area (Å²) in [7, 11) is 0. The topological polar surface area (TPSA) is 95.9 Å². The summed E-state index contributed by atoms with van der Waals surface area (Å²) in [6.45, 7) is 0.917. The van der Waals surface area contributed by atoms with Crippen LogP contribution >= 0.6 is 0 Å². The van der Waals surface area contributed by atoms with Gasteiger partial charge < -0.3 is 20.5 Å². The molecule has 1 aliphatic rings. The van der Waals surface area contributed by atoms with Crippen molar-refractivity contribution in [2.24, 2.45) is 11.7 Å². The van der Waals surface area contributed by atoms with Crippen LogP contribution in [0.15, 0.2) is 47.3 Å². The van der Waals surface area contributed by atoms with E-state index < -0.39 is 0 Å². The summed E-state index contributed by atoms with van der Waals surface area (Å²) in [6.07, 6.45) is 8.15. The minimum Gasteiger partial charge on any atom is -0.456 e. The molecule has 1 aliphatic carbocycles. The molecule has 0 amide bonds. The Hall–Kier alpha value is -2.86. The predicted octanol–water partition coefficient (Wildman–Crippen LogP) is 3.94. The average molecular weight is 361 g/mol. The Balaban J connectivity index is 1.60. The average Bonchev–Trinajstić information content (AvgIpc) is 3.26. The third-order valence-electron chi connectivity index (χ3n) is 5.72. The second-order valence-electron chi connectivity index (χ2n) is 7.58. The predicted molar refractivity (Wildman–Crippen MR) is 107 cm³/mol. The number of nitrogens with two attached hydrogens (primary N) is 2. The highest BCUT2D eigenvalue weighted by molar-refractivity contribution is 6.01. The van der Waals surface area contributed by atoms with Gasteiger partial charge in [0.05, 0.1) is 5.39 Å². The zero-order chi connectivity index (χ0) is 18.4. The summed E-state index contributed by atoms with van der Waals surface area (Å²) in [5.74, 6) is 1.90. The molecule has 1 fully saturated rings. The number of fused-ring (bicyclic) bond motifs is 2. The van der Waals surface area contributed by atoms with E-state index in [-0.39, 0.29) is 0 Å². The van der Waals surface area contributed by atoms with Crippen molar-refractivity contribution in [3.8, 4) is 11.3 Å². The molecule has 6 heteroatoms.